The van der Waals surface area contributed by atoms with Crippen molar-refractivity contribution >= 4 is 22.5 Å². The van der Waals surface area contributed by atoms with E-state index in [-0.39, 0.29) is 0 Å². The number of imidazole rings is 1. The van der Waals surface area contributed by atoms with Gasteiger partial charge in [-0.3, -0.25) is 4.40 Å². The second kappa shape index (κ2) is 4.62. The van der Waals surface area contributed by atoms with Crippen LogP contribution in [0.2, 0.25) is 0 Å². The van der Waals surface area contributed by atoms with Crippen LogP contribution in [0.4, 0.5) is 0 Å². The van der Waals surface area contributed by atoms with E-state index < -0.39 is 0 Å². The summed E-state index contributed by atoms with van der Waals surface area (Å²) < 4.78 is 2.01. The first-order chi connectivity index (χ1) is 8.90. The number of rotatable bonds is 3. The standard InChI is InChI=1S/C13H11N3OS/c1-17-14-9-11-12(10-5-3-2-4-6-10)15-13-16(11)7-8-18-13/h2-9H,1H3/b14-9-. The predicted octanol–water partition coefficient (Wildman–Crippen LogP) is 3.04. The molecule has 0 atom stereocenters. The third-order valence-electron chi connectivity index (χ3n) is 2.63. The smallest absolute Gasteiger partial charge is 0.194 e. The molecule has 2 aromatic heterocycles. The molecule has 0 N–H and O–H groups in total. The first-order valence-electron chi connectivity index (χ1n) is 5.47. The highest BCUT2D eigenvalue weighted by Crippen LogP contribution is 2.25. The third kappa shape index (κ3) is 1.78. The van der Waals surface area contributed by atoms with Gasteiger partial charge in [0.25, 0.3) is 0 Å². The van der Waals surface area contributed by atoms with Gasteiger partial charge < -0.3 is 4.84 Å². The molecular formula is C13H11N3OS. The van der Waals surface area contributed by atoms with E-state index in [0.29, 0.717) is 0 Å². The van der Waals surface area contributed by atoms with Gasteiger partial charge in [0.15, 0.2) is 4.96 Å². The third-order valence-corrected chi connectivity index (χ3v) is 3.38. The molecule has 0 bridgehead atoms. The number of thiazole rings is 1. The van der Waals surface area contributed by atoms with Gasteiger partial charge in [0.05, 0.1) is 17.6 Å². The Morgan fingerprint density at radius 1 is 1.33 bits per heavy atom. The molecule has 18 heavy (non-hydrogen) atoms. The van der Waals surface area contributed by atoms with Gasteiger partial charge in [-0.15, -0.1) is 11.3 Å². The van der Waals surface area contributed by atoms with Crippen molar-refractivity contribution in [2.24, 2.45) is 5.16 Å². The number of benzene rings is 1. The average molecular weight is 257 g/mol. The first-order valence-corrected chi connectivity index (χ1v) is 6.35. The fourth-order valence-corrected chi connectivity index (χ4v) is 2.56. The van der Waals surface area contributed by atoms with Gasteiger partial charge in [0.1, 0.15) is 7.11 Å². The van der Waals surface area contributed by atoms with Crippen LogP contribution >= 0.6 is 11.3 Å². The summed E-state index contributed by atoms with van der Waals surface area (Å²) in [6.07, 6.45) is 3.67. The molecule has 4 nitrogen and oxygen atoms in total. The Kier molecular flexibility index (Phi) is 2.82. The van der Waals surface area contributed by atoms with Crippen molar-refractivity contribution in [2.75, 3.05) is 7.11 Å². The molecule has 1 aromatic carbocycles. The van der Waals surface area contributed by atoms with Crippen LogP contribution in [0.15, 0.2) is 47.1 Å². The average Bonchev–Trinajstić information content (AvgIpc) is 2.98. The molecule has 0 saturated carbocycles. The lowest BCUT2D eigenvalue weighted by atomic mass is 10.1. The van der Waals surface area contributed by atoms with Crippen molar-refractivity contribution in [3.8, 4) is 11.3 Å². The zero-order valence-corrected chi connectivity index (χ0v) is 10.6. The maximum Gasteiger partial charge on any atom is 0.194 e. The maximum atomic E-state index is 4.76. The highest BCUT2D eigenvalue weighted by atomic mass is 32.1. The van der Waals surface area contributed by atoms with Crippen molar-refractivity contribution in [1.82, 2.24) is 9.38 Å². The lowest BCUT2D eigenvalue weighted by Crippen LogP contribution is -1.91. The molecule has 3 rings (SSSR count). The second-order valence-electron chi connectivity index (χ2n) is 3.68. The molecule has 0 saturated heterocycles. The van der Waals surface area contributed by atoms with Crippen molar-refractivity contribution in [3.05, 3.63) is 47.6 Å². The molecule has 0 spiro atoms. The van der Waals surface area contributed by atoms with Crippen LogP contribution in [-0.2, 0) is 4.84 Å². The molecule has 0 radical (unpaired) electrons. The number of oxime groups is 1. The Balaban J connectivity index is 2.22. The SMILES string of the molecule is CO/N=C\c1c(-c2ccccc2)nc2sccn12. The zero-order chi connectivity index (χ0) is 12.4. The van der Waals surface area contributed by atoms with Crippen LogP contribution in [0.1, 0.15) is 5.69 Å². The van der Waals surface area contributed by atoms with Gasteiger partial charge in [-0.25, -0.2) is 4.98 Å². The monoisotopic (exact) mass is 257 g/mol. The highest BCUT2D eigenvalue weighted by Gasteiger charge is 2.12. The quantitative estimate of drug-likeness (QED) is 0.534. The number of hydrogen-bond acceptors (Lipinski definition) is 4. The minimum absolute atomic E-state index is 0.920. The van der Waals surface area contributed by atoms with Crippen LogP contribution in [0.5, 0.6) is 0 Å². The van der Waals surface area contributed by atoms with E-state index in [9.17, 15) is 0 Å². The van der Waals surface area contributed by atoms with E-state index in [1.54, 1.807) is 17.6 Å². The van der Waals surface area contributed by atoms with Gasteiger partial charge in [0, 0.05) is 17.1 Å². The zero-order valence-electron chi connectivity index (χ0n) is 9.78. The molecule has 0 amide bonds. The van der Waals surface area contributed by atoms with Crippen molar-refractivity contribution in [1.29, 1.82) is 0 Å². The number of fused-ring (bicyclic) bond motifs is 1. The van der Waals surface area contributed by atoms with Crippen molar-refractivity contribution in [2.45, 2.75) is 0 Å². The summed E-state index contributed by atoms with van der Waals surface area (Å²) in [6, 6.07) is 10.1. The summed E-state index contributed by atoms with van der Waals surface area (Å²) in [5, 5.41) is 5.85. The predicted molar refractivity (Wildman–Crippen MR) is 73.1 cm³/mol. The van der Waals surface area contributed by atoms with Crippen LogP contribution in [0.25, 0.3) is 16.2 Å². The van der Waals surface area contributed by atoms with Gasteiger partial charge in [0.2, 0.25) is 0 Å². The normalized spacial score (nSPS) is 11.4. The Morgan fingerprint density at radius 3 is 2.94 bits per heavy atom. The lowest BCUT2D eigenvalue weighted by Gasteiger charge is -1.98. The fourth-order valence-electron chi connectivity index (χ4n) is 1.84. The number of nitrogens with zero attached hydrogens (tertiary/aromatic N) is 3. The van der Waals surface area contributed by atoms with E-state index in [2.05, 4.69) is 10.1 Å². The van der Waals surface area contributed by atoms with Gasteiger partial charge in [-0.1, -0.05) is 35.5 Å². The van der Waals surface area contributed by atoms with E-state index in [1.807, 2.05) is 46.3 Å². The molecule has 2 heterocycles. The molecule has 0 aliphatic rings. The van der Waals surface area contributed by atoms with E-state index in [4.69, 9.17) is 4.84 Å². The highest BCUT2D eigenvalue weighted by molar-refractivity contribution is 7.15. The number of aromatic nitrogens is 2. The van der Waals surface area contributed by atoms with Crippen LogP contribution in [0, 0.1) is 0 Å². The second-order valence-corrected chi connectivity index (χ2v) is 4.56. The molecule has 3 aromatic rings. The van der Waals surface area contributed by atoms with Crippen molar-refractivity contribution in [3.63, 3.8) is 0 Å². The largest absolute Gasteiger partial charge is 0.399 e. The molecule has 0 aliphatic heterocycles. The molecule has 0 aliphatic carbocycles. The van der Waals surface area contributed by atoms with Crippen LogP contribution in [-0.4, -0.2) is 22.7 Å². The van der Waals surface area contributed by atoms with E-state index >= 15 is 0 Å². The summed E-state index contributed by atoms with van der Waals surface area (Å²) >= 11 is 1.60. The summed E-state index contributed by atoms with van der Waals surface area (Å²) in [6.45, 7) is 0. The minimum atomic E-state index is 0.920. The minimum Gasteiger partial charge on any atom is -0.399 e. The van der Waals surface area contributed by atoms with Gasteiger partial charge >= 0.3 is 0 Å². The first kappa shape index (κ1) is 11.0. The van der Waals surface area contributed by atoms with Gasteiger partial charge in [-0.2, -0.15) is 0 Å². The van der Waals surface area contributed by atoms with Crippen molar-refractivity contribution < 1.29 is 4.84 Å². The molecular weight excluding hydrogens is 246 g/mol. The van der Waals surface area contributed by atoms with E-state index in [1.165, 1.54) is 7.11 Å². The van der Waals surface area contributed by atoms with Crippen LogP contribution in [0.3, 0.4) is 0 Å². The van der Waals surface area contributed by atoms with Crippen LogP contribution < -0.4 is 0 Å². The number of hydrogen-bond donors (Lipinski definition) is 0. The Bertz CT molecular complexity index is 685. The Labute approximate surface area is 108 Å². The summed E-state index contributed by atoms with van der Waals surface area (Å²) in [5.41, 5.74) is 2.92. The Morgan fingerprint density at radius 2 is 2.17 bits per heavy atom. The maximum absolute atomic E-state index is 4.76. The summed E-state index contributed by atoms with van der Waals surface area (Å²) in [7, 11) is 1.53. The van der Waals surface area contributed by atoms with E-state index in [0.717, 1.165) is 21.9 Å². The van der Waals surface area contributed by atoms with Gasteiger partial charge in [-0.05, 0) is 0 Å². The Hall–Kier alpha value is -2.14. The topological polar surface area (TPSA) is 38.9 Å². The molecule has 5 heteroatoms. The summed E-state index contributed by atoms with van der Waals surface area (Å²) in [5.74, 6) is 0. The molecule has 0 fully saturated rings. The lowest BCUT2D eigenvalue weighted by molar-refractivity contribution is 0.215. The molecule has 0 unspecified atom stereocenters. The molecule has 90 valence electrons. The fraction of sp³-hybridized carbons (Fsp3) is 0.0769. The summed E-state index contributed by atoms with van der Waals surface area (Å²) in [4.78, 5) is 10.3.